The molecule has 0 aliphatic rings. The molecule has 2 N–H and O–H groups in total. The third kappa shape index (κ3) is 5.09. The number of rotatable bonds is 4. The second kappa shape index (κ2) is 9.82. The first-order valence-corrected chi connectivity index (χ1v) is 10.2. The molecule has 4 heterocycles. The molecular weight excluding hydrogens is 421 g/mol. The van der Waals surface area contributed by atoms with Crippen LogP contribution in [0.1, 0.15) is 27.4 Å². The Bertz CT molecular complexity index is 1350. The molecule has 5 rings (SSSR count). The fourth-order valence-electron chi connectivity index (χ4n) is 3.43. The Morgan fingerprint density at radius 2 is 1.97 bits per heavy atom. The highest BCUT2D eigenvalue weighted by molar-refractivity contribution is 6.09. The first-order valence-electron chi connectivity index (χ1n) is 10.2. The normalized spacial score (nSPS) is 10.5. The lowest BCUT2D eigenvalue weighted by Gasteiger charge is -2.09. The van der Waals surface area contributed by atoms with E-state index in [9.17, 15) is 9.18 Å². The standard InChI is InChI=1S/C21H18FN5O.C3H4N2/c1-13-5-3-7-16(24-13)12-27-20-17(22)8-9-18(19(20)14(2)26-27)25-21(28)15-6-4-10-23-11-15;1-2-5-3-4-1/h3-11H,12H2,1-2H3,(H,25,28);1-3H,(H,4,5). The zero-order chi connectivity index (χ0) is 23.2. The summed E-state index contributed by atoms with van der Waals surface area (Å²) in [6.45, 7) is 4.03. The quantitative estimate of drug-likeness (QED) is 0.431. The molecular formula is C24H22FN7O. The van der Waals surface area contributed by atoms with Gasteiger partial charge in [-0.25, -0.2) is 9.37 Å². The highest BCUT2D eigenvalue weighted by atomic mass is 19.1. The number of aromatic amines is 1. The summed E-state index contributed by atoms with van der Waals surface area (Å²) in [6.07, 6.45) is 8.16. The van der Waals surface area contributed by atoms with Gasteiger partial charge in [-0.1, -0.05) is 6.07 Å². The molecule has 0 aliphatic carbocycles. The molecule has 5 aromatic rings. The Kier molecular flexibility index (Phi) is 6.49. The lowest BCUT2D eigenvalue weighted by atomic mass is 10.1. The molecule has 0 bridgehead atoms. The van der Waals surface area contributed by atoms with Gasteiger partial charge in [-0.3, -0.25) is 19.4 Å². The van der Waals surface area contributed by atoms with E-state index in [1.807, 2.05) is 25.1 Å². The van der Waals surface area contributed by atoms with Crippen LogP contribution in [-0.4, -0.2) is 35.6 Å². The molecule has 166 valence electrons. The van der Waals surface area contributed by atoms with Gasteiger partial charge in [-0.15, -0.1) is 0 Å². The number of carbonyl (C=O) groups is 1. The van der Waals surface area contributed by atoms with Gasteiger partial charge in [0.1, 0.15) is 11.3 Å². The first kappa shape index (κ1) is 21.8. The van der Waals surface area contributed by atoms with Crippen molar-refractivity contribution in [2.24, 2.45) is 0 Å². The van der Waals surface area contributed by atoms with Gasteiger partial charge in [0, 0.05) is 35.9 Å². The predicted molar refractivity (Wildman–Crippen MR) is 123 cm³/mol. The number of hydrogen-bond donors (Lipinski definition) is 2. The maximum atomic E-state index is 14.7. The number of amides is 1. The van der Waals surface area contributed by atoms with Crippen LogP contribution in [0, 0.1) is 19.7 Å². The number of anilines is 1. The lowest BCUT2D eigenvalue weighted by Crippen LogP contribution is -2.12. The highest BCUT2D eigenvalue weighted by Gasteiger charge is 2.18. The summed E-state index contributed by atoms with van der Waals surface area (Å²) in [7, 11) is 0. The summed E-state index contributed by atoms with van der Waals surface area (Å²) in [5.41, 5.74) is 3.57. The summed E-state index contributed by atoms with van der Waals surface area (Å²) in [4.78, 5) is 27.3. The topological polar surface area (TPSA) is 101 Å². The van der Waals surface area contributed by atoms with Crippen LogP contribution in [0.3, 0.4) is 0 Å². The van der Waals surface area contributed by atoms with Crippen LogP contribution in [0.15, 0.2) is 73.6 Å². The zero-order valence-corrected chi connectivity index (χ0v) is 18.2. The number of aromatic nitrogens is 6. The van der Waals surface area contributed by atoms with Crippen molar-refractivity contribution in [3.63, 3.8) is 0 Å². The number of imidazole rings is 1. The Balaban J connectivity index is 0.000000459. The summed E-state index contributed by atoms with van der Waals surface area (Å²) >= 11 is 0. The van der Waals surface area contributed by atoms with Crippen molar-refractivity contribution in [2.45, 2.75) is 20.4 Å². The van der Waals surface area contributed by atoms with E-state index in [1.54, 1.807) is 54.7 Å². The van der Waals surface area contributed by atoms with Crippen molar-refractivity contribution in [2.75, 3.05) is 5.32 Å². The van der Waals surface area contributed by atoms with E-state index in [0.717, 1.165) is 11.4 Å². The minimum absolute atomic E-state index is 0.312. The van der Waals surface area contributed by atoms with Gasteiger partial charge in [-0.05, 0) is 50.2 Å². The van der Waals surface area contributed by atoms with Crippen molar-refractivity contribution in [1.82, 2.24) is 29.7 Å². The smallest absolute Gasteiger partial charge is 0.257 e. The molecule has 9 heteroatoms. The van der Waals surface area contributed by atoms with Crippen LogP contribution in [-0.2, 0) is 6.54 Å². The Morgan fingerprint density at radius 3 is 2.64 bits per heavy atom. The van der Waals surface area contributed by atoms with Gasteiger partial charge < -0.3 is 10.3 Å². The van der Waals surface area contributed by atoms with Crippen molar-refractivity contribution < 1.29 is 9.18 Å². The van der Waals surface area contributed by atoms with Crippen LogP contribution < -0.4 is 5.32 Å². The number of nitrogens with zero attached hydrogens (tertiary/aromatic N) is 5. The summed E-state index contributed by atoms with van der Waals surface area (Å²) in [5.74, 6) is -0.712. The van der Waals surface area contributed by atoms with Crippen molar-refractivity contribution in [3.8, 4) is 0 Å². The molecule has 0 unspecified atom stereocenters. The number of carbonyl (C=O) groups excluding carboxylic acids is 1. The predicted octanol–water partition coefficient (Wildman–Crippen LogP) is 4.29. The summed E-state index contributed by atoms with van der Waals surface area (Å²) in [5, 5.41) is 7.90. The second-order valence-electron chi connectivity index (χ2n) is 7.29. The number of halogens is 1. The van der Waals surface area contributed by atoms with E-state index < -0.39 is 5.82 Å². The molecule has 0 aliphatic heterocycles. The number of aryl methyl sites for hydroxylation is 2. The van der Waals surface area contributed by atoms with Gasteiger partial charge in [0.25, 0.3) is 5.91 Å². The molecule has 0 radical (unpaired) electrons. The minimum Gasteiger partial charge on any atom is -0.351 e. The number of fused-ring (bicyclic) bond motifs is 1. The molecule has 4 aromatic heterocycles. The number of nitrogens with one attached hydrogen (secondary N) is 2. The average Bonchev–Trinajstić information content (AvgIpc) is 3.49. The van der Waals surface area contributed by atoms with Gasteiger partial charge in [-0.2, -0.15) is 5.10 Å². The molecule has 1 aromatic carbocycles. The minimum atomic E-state index is -0.400. The molecule has 0 saturated heterocycles. The fourth-order valence-corrected chi connectivity index (χ4v) is 3.43. The van der Waals surface area contributed by atoms with Crippen LogP contribution >= 0.6 is 0 Å². The number of benzene rings is 1. The van der Waals surface area contributed by atoms with E-state index >= 15 is 0 Å². The molecule has 0 spiro atoms. The maximum Gasteiger partial charge on any atom is 0.257 e. The molecule has 0 atom stereocenters. The number of pyridine rings is 2. The Hall–Kier alpha value is -4.40. The highest BCUT2D eigenvalue weighted by Crippen LogP contribution is 2.30. The van der Waals surface area contributed by atoms with Crippen LogP contribution in [0.4, 0.5) is 10.1 Å². The second-order valence-corrected chi connectivity index (χ2v) is 7.29. The molecule has 0 fully saturated rings. The Morgan fingerprint density at radius 1 is 1.09 bits per heavy atom. The largest absolute Gasteiger partial charge is 0.351 e. The van der Waals surface area contributed by atoms with Crippen LogP contribution in [0.5, 0.6) is 0 Å². The molecule has 0 saturated carbocycles. The number of hydrogen-bond acceptors (Lipinski definition) is 5. The van der Waals surface area contributed by atoms with E-state index in [0.29, 0.717) is 34.4 Å². The SMILES string of the molecule is Cc1cccc(Cn2nc(C)c3c(NC(=O)c4cccnc4)ccc(F)c32)n1.c1c[nH]cn1. The van der Waals surface area contributed by atoms with Crippen LogP contribution in [0.2, 0.25) is 0 Å². The first-order chi connectivity index (χ1) is 16.0. The summed E-state index contributed by atoms with van der Waals surface area (Å²) in [6, 6.07) is 11.9. The van der Waals surface area contributed by atoms with Gasteiger partial charge >= 0.3 is 0 Å². The average molecular weight is 443 g/mol. The third-order valence-corrected chi connectivity index (χ3v) is 4.85. The number of H-pyrrole nitrogens is 1. The van der Waals surface area contributed by atoms with Crippen molar-refractivity contribution >= 4 is 22.5 Å². The third-order valence-electron chi connectivity index (χ3n) is 4.85. The molecule has 1 amide bonds. The van der Waals surface area contributed by atoms with Gasteiger partial charge in [0.2, 0.25) is 0 Å². The van der Waals surface area contributed by atoms with Gasteiger partial charge in [0.15, 0.2) is 0 Å². The van der Waals surface area contributed by atoms with E-state index in [2.05, 4.69) is 30.4 Å². The molecule has 33 heavy (non-hydrogen) atoms. The van der Waals surface area contributed by atoms with Gasteiger partial charge in [0.05, 0.1) is 35.5 Å². The Labute approximate surface area is 189 Å². The monoisotopic (exact) mass is 443 g/mol. The van der Waals surface area contributed by atoms with Crippen molar-refractivity contribution in [1.29, 1.82) is 0 Å². The van der Waals surface area contributed by atoms with Crippen molar-refractivity contribution in [3.05, 3.63) is 102 Å². The van der Waals surface area contributed by atoms with Crippen LogP contribution in [0.25, 0.3) is 10.9 Å². The van der Waals surface area contributed by atoms with E-state index in [4.69, 9.17) is 0 Å². The fraction of sp³-hybridized carbons (Fsp3) is 0.125. The maximum absolute atomic E-state index is 14.7. The van der Waals surface area contributed by atoms with E-state index in [1.165, 1.54) is 12.3 Å². The van der Waals surface area contributed by atoms with E-state index in [-0.39, 0.29) is 5.91 Å². The summed E-state index contributed by atoms with van der Waals surface area (Å²) < 4.78 is 16.3. The lowest BCUT2D eigenvalue weighted by molar-refractivity contribution is 0.102. The molecule has 8 nitrogen and oxygen atoms in total. The zero-order valence-electron chi connectivity index (χ0n) is 18.2.